The number of hydrogen-bond donors (Lipinski definition) is 1. The van der Waals surface area contributed by atoms with Gasteiger partial charge in [-0.3, -0.25) is 0 Å². The summed E-state index contributed by atoms with van der Waals surface area (Å²) >= 11 is 6.14. The van der Waals surface area contributed by atoms with Gasteiger partial charge in [0.25, 0.3) is 0 Å². The number of pyridine rings is 1. The molecule has 2 heterocycles. The zero-order valence-corrected chi connectivity index (χ0v) is 19.1. The standard InChI is InChI=1S/C25H21ClN2O4S/c26-18-6-5-17-11-13-27-25(22(17)15-18)28-19-7-9-21(10-8-19)33(29,30)14-12-20-16-31-23-3-1-2-4-24(23)32-20/h1-11,13,15,20H,12,14,16H2,(H,27,28). The summed E-state index contributed by atoms with van der Waals surface area (Å²) < 4.78 is 37.3. The van der Waals surface area contributed by atoms with Crippen LogP contribution in [0.25, 0.3) is 10.8 Å². The third kappa shape index (κ3) is 4.74. The van der Waals surface area contributed by atoms with Crippen LogP contribution >= 0.6 is 11.6 Å². The highest BCUT2D eigenvalue weighted by Crippen LogP contribution is 2.32. The first-order valence-electron chi connectivity index (χ1n) is 10.5. The molecule has 0 bridgehead atoms. The van der Waals surface area contributed by atoms with Gasteiger partial charge in [-0.2, -0.15) is 0 Å². The molecule has 1 N–H and O–H groups in total. The second-order valence-corrected chi connectivity index (χ2v) is 10.3. The van der Waals surface area contributed by atoms with Gasteiger partial charge in [-0.1, -0.05) is 29.8 Å². The van der Waals surface area contributed by atoms with Crippen molar-refractivity contribution in [3.05, 3.63) is 84.0 Å². The molecule has 168 valence electrons. The Hall–Kier alpha value is -3.29. The van der Waals surface area contributed by atoms with Crippen LogP contribution in [0.2, 0.25) is 5.02 Å². The van der Waals surface area contributed by atoms with E-state index in [0.717, 1.165) is 16.5 Å². The van der Waals surface area contributed by atoms with E-state index >= 15 is 0 Å². The molecule has 33 heavy (non-hydrogen) atoms. The third-order valence-electron chi connectivity index (χ3n) is 5.48. The topological polar surface area (TPSA) is 77.5 Å². The first kappa shape index (κ1) is 21.6. The smallest absolute Gasteiger partial charge is 0.178 e. The summed E-state index contributed by atoms with van der Waals surface area (Å²) in [5, 5.41) is 5.76. The molecule has 1 aromatic heterocycles. The van der Waals surface area contributed by atoms with Crippen molar-refractivity contribution < 1.29 is 17.9 Å². The summed E-state index contributed by atoms with van der Waals surface area (Å²) in [6.45, 7) is 0.331. The number of halogens is 1. The van der Waals surface area contributed by atoms with Crippen LogP contribution in [0.4, 0.5) is 11.5 Å². The fraction of sp³-hybridized carbons (Fsp3) is 0.160. The molecule has 1 unspecified atom stereocenters. The van der Waals surface area contributed by atoms with Crippen molar-refractivity contribution in [3.8, 4) is 11.5 Å². The monoisotopic (exact) mass is 480 g/mol. The van der Waals surface area contributed by atoms with E-state index in [1.807, 2.05) is 48.5 Å². The molecule has 4 aromatic rings. The Kier molecular flexibility index (Phi) is 5.83. The van der Waals surface area contributed by atoms with Crippen LogP contribution in [0, 0.1) is 0 Å². The van der Waals surface area contributed by atoms with E-state index in [2.05, 4.69) is 10.3 Å². The lowest BCUT2D eigenvalue weighted by atomic mass is 10.1. The van der Waals surface area contributed by atoms with E-state index in [0.29, 0.717) is 35.4 Å². The van der Waals surface area contributed by atoms with Gasteiger partial charge < -0.3 is 14.8 Å². The maximum absolute atomic E-state index is 12.9. The van der Waals surface area contributed by atoms with Gasteiger partial charge in [-0.05, 0) is 60.0 Å². The van der Waals surface area contributed by atoms with Crippen LogP contribution in [0.1, 0.15) is 6.42 Å². The first-order chi connectivity index (χ1) is 16.0. The second-order valence-electron chi connectivity index (χ2n) is 7.78. The number of rotatable bonds is 6. The molecule has 0 fully saturated rings. The largest absolute Gasteiger partial charge is 0.486 e. The van der Waals surface area contributed by atoms with Crippen LogP contribution in [0.5, 0.6) is 11.5 Å². The summed E-state index contributed by atoms with van der Waals surface area (Å²) in [4.78, 5) is 4.66. The lowest BCUT2D eigenvalue weighted by Crippen LogP contribution is -2.31. The highest BCUT2D eigenvalue weighted by atomic mass is 35.5. The molecule has 5 rings (SSSR count). The molecular formula is C25H21ClN2O4S. The lowest BCUT2D eigenvalue weighted by molar-refractivity contribution is 0.0889. The number of sulfone groups is 1. The minimum atomic E-state index is -3.46. The SMILES string of the molecule is O=S(=O)(CCC1COc2ccccc2O1)c1ccc(Nc2nccc3ccc(Cl)cc23)cc1. The maximum Gasteiger partial charge on any atom is 0.178 e. The number of para-hydroxylation sites is 2. The molecule has 0 amide bonds. The number of hydrogen-bond acceptors (Lipinski definition) is 6. The number of aromatic nitrogens is 1. The van der Waals surface area contributed by atoms with Gasteiger partial charge in [0.2, 0.25) is 0 Å². The molecular weight excluding hydrogens is 460 g/mol. The molecule has 6 nitrogen and oxygen atoms in total. The van der Waals surface area contributed by atoms with E-state index in [9.17, 15) is 8.42 Å². The summed E-state index contributed by atoms with van der Waals surface area (Å²) in [5.74, 6) is 1.95. The number of nitrogens with zero attached hydrogens (tertiary/aromatic N) is 1. The third-order valence-corrected chi connectivity index (χ3v) is 7.48. The Bertz CT molecular complexity index is 1410. The number of nitrogens with one attached hydrogen (secondary N) is 1. The Morgan fingerprint density at radius 1 is 1.00 bits per heavy atom. The Morgan fingerprint density at radius 2 is 1.79 bits per heavy atom. The molecule has 1 aliphatic heterocycles. The highest BCUT2D eigenvalue weighted by Gasteiger charge is 2.24. The van der Waals surface area contributed by atoms with Crippen molar-refractivity contribution in [2.45, 2.75) is 17.4 Å². The van der Waals surface area contributed by atoms with Crippen LogP contribution in [-0.2, 0) is 9.84 Å². The fourth-order valence-electron chi connectivity index (χ4n) is 3.73. The van der Waals surface area contributed by atoms with Crippen LogP contribution in [0.15, 0.2) is 83.9 Å². The van der Waals surface area contributed by atoms with Crippen LogP contribution in [0.3, 0.4) is 0 Å². The van der Waals surface area contributed by atoms with Gasteiger partial charge in [0.1, 0.15) is 18.5 Å². The number of benzene rings is 3. The molecule has 1 atom stereocenters. The zero-order valence-electron chi connectivity index (χ0n) is 17.6. The molecule has 8 heteroatoms. The molecule has 0 saturated heterocycles. The van der Waals surface area contributed by atoms with E-state index in [1.165, 1.54) is 0 Å². The molecule has 0 saturated carbocycles. The van der Waals surface area contributed by atoms with Crippen molar-refractivity contribution in [2.24, 2.45) is 0 Å². The minimum absolute atomic E-state index is 0.0284. The van der Waals surface area contributed by atoms with Crippen LogP contribution < -0.4 is 14.8 Å². The number of ether oxygens (including phenoxy) is 2. The van der Waals surface area contributed by atoms with Gasteiger partial charge in [0, 0.05) is 28.7 Å². The van der Waals surface area contributed by atoms with Crippen molar-refractivity contribution in [2.75, 3.05) is 17.7 Å². The summed E-state index contributed by atoms with van der Waals surface area (Å²) in [7, 11) is -3.46. The normalized spacial score (nSPS) is 15.4. The molecule has 3 aromatic carbocycles. The van der Waals surface area contributed by atoms with Gasteiger partial charge >= 0.3 is 0 Å². The van der Waals surface area contributed by atoms with Crippen LogP contribution in [-0.4, -0.2) is 31.9 Å². The van der Waals surface area contributed by atoms with Gasteiger partial charge in [0.15, 0.2) is 21.3 Å². The summed E-state index contributed by atoms with van der Waals surface area (Å²) in [6, 6.07) is 21.6. The molecule has 0 aliphatic carbocycles. The summed E-state index contributed by atoms with van der Waals surface area (Å²) in [6.07, 6.45) is 1.75. The second kappa shape index (κ2) is 8.92. The quantitative estimate of drug-likeness (QED) is 0.385. The van der Waals surface area contributed by atoms with Gasteiger partial charge in [-0.25, -0.2) is 13.4 Å². The molecule has 0 radical (unpaired) electrons. The lowest BCUT2D eigenvalue weighted by Gasteiger charge is -2.26. The van der Waals surface area contributed by atoms with E-state index in [-0.39, 0.29) is 16.8 Å². The van der Waals surface area contributed by atoms with Crippen molar-refractivity contribution in [1.82, 2.24) is 4.98 Å². The van der Waals surface area contributed by atoms with Crippen molar-refractivity contribution >= 4 is 43.7 Å². The maximum atomic E-state index is 12.9. The van der Waals surface area contributed by atoms with Crippen molar-refractivity contribution in [1.29, 1.82) is 0 Å². The molecule has 0 spiro atoms. The predicted molar refractivity (Wildman–Crippen MR) is 130 cm³/mol. The zero-order chi connectivity index (χ0) is 22.8. The van der Waals surface area contributed by atoms with Gasteiger partial charge in [-0.15, -0.1) is 0 Å². The average molecular weight is 481 g/mol. The first-order valence-corrected chi connectivity index (χ1v) is 12.5. The van der Waals surface area contributed by atoms with E-state index in [4.69, 9.17) is 21.1 Å². The predicted octanol–water partition coefficient (Wildman–Crippen LogP) is 5.64. The molecule has 1 aliphatic rings. The van der Waals surface area contributed by atoms with Crippen molar-refractivity contribution in [3.63, 3.8) is 0 Å². The summed E-state index contributed by atoms with van der Waals surface area (Å²) in [5.41, 5.74) is 0.731. The minimum Gasteiger partial charge on any atom is -0.486 e. The number of anilines is 2. The van der Waals surface area contributed by atoms with E-state index in [1.54, 1.807) is 30.5 Å². The Labute approximate surface area is 197 Å². The van der Waals surface area contributed by atoms with E-state index < -0.39 is 9.84 Å². The average Bonchev–Trinajstić information content (AvgIpc) is 2.83. The Morgan fingerprint density at radius 3 is 2.61 bits per heavy atom. The highest BCUT2D eigenvalue weighted by molar-refractivity contribution is 7.91. The Balaban J connectivity index is 1.26. The number of fused-ring (bicyclic) bond motifs is 2. The fourth-order valence-corrected chi connectivity index (χ4v) is 5.26. The van der Waals surface area contributed by atoms with Gasteiger partial charge in [0.05, 0.1) is 10.6 Å².